The van der Waals surface area contributed by atoms with Crippen molar-refractivity contribution in [2.45, 2.75) is 56.7 Å². The molecule has 0 spiro atoms. The minimum Gasteiger partial charge on any atom is -0.352 e. The summed E-state index contributed by atoms with van der Waals surface area (Å²) >= 11 is 1.48. The molecular formula is C16H23NO2S. The zero-order chi connectivity index (χ0) is 15.1. The molecule has 1 aromatic carbocycles. The summed E-state index contributed by atoms with van der Waals surface area (Å²) in [6, 6.07) is 7.66. The van der Waals surface area contributed by atoms with Gasteiger partial charge in [-0.15, -0.1) is 11.8 Å². The normalized spacial score (nSPS) is 12.2. The fraction of sp³-hybridized carbons (Fsp3) is 0.500. The number of hydrogen-bond acceptors (Lipinski definition) is 3. The second-order valence-electron chi connectivity index (χ2n) is 4.87. The zero-order valence-corrected chi connectivity index (χ0v) is 13.4. The first kappa shape index (κ1) is 16.8. The first-order valence-corrected chi connectivity index (χ1v) is 7.93. The van der Waals surface area contributed by atoms with E-state index in [9.17, 15) is 9.59 Å². The maximum Gasteiger partial charge on any atom is 0.233 e. The third kappa shape index (κ3) is 5.00. The summed E-state index contributed by atoms with van der Waals surface area (Å²) in [5.41, 5.74) is 0.683. The molecule has 1 unspecified atom stereocenters. The van der Waals surface area contributed by atoms with Crippen molar-refractivity contribution < 1.29 is 9.59 Å². The predicted octanol–water partition coefficient (Wildman–Crippen LogP) is 3.67. The van der Waals surface area contributed by atoms with Crippen LogP contribution in [0.4, 0.5) is 0 Å². The summed E-state index contributed by atoms with van der Waals surface area (Å²) in [6.07, 6.45) is 1.89. The van der Waals surface area contributed by atoms with Crippen molar-refractivity contribution in [2.24, 2.45) is 0 Å². The Morgan fingerprint density at radius 2 is 1.90 bits per heavy atom. The Balaban J connectivity index is 2.65. The quantitative estimate of drug-likeness (QED) is 0.616. The van der Waals surface area contributed by atoms with Crippen LogP contribution in [0.3, 0.4) is 0 Å². The Kier molecular flexibility index (Phi) is 6.79. The van der Waals surface area contributed by atoms with Crippen molar-refractivity contribution >= 4 is 23.5 Å². The minimum atomic E-state index is -0.169. The summed E-state index contributed by atoms with van der Waals surface area (Å²) < 4.78 is 0. The molecule has 0 aliphatic heterocycles. The van der Waals surface area contributed by atoms with Crippen molar-refractivity contribution in [1.29, 1.82) is 0 Å². The third-order valence-corrected chi connectivity index (χ3v) is 4.35. The van der Waals surface area contributed by atoms with Crippen LogP contribution in [0.25, 0.3) is 0 Å². The Labute approximate surface area is 125 Å². The van der Waals surface area contributed by atoms with E-state index in [4.69, 9.17) is 0 Å². The number of Topliss-reactive ketones (excluding diaryl/α,β-unsaturated/α-hetero) is 1. The molecule has 1 atom stereocenters. The van der Waals surface area contributed by atoms with E-state index in [1.54, 1.807) is 13.0 Å². The van der Waals surface area contributed by atoms with Crippen LogP contribution in [0, 0.1) is 0 Å². The molecule has 1 aromatic rings. The van der Waals surface area contributed by atoms with Crippen LogP contribution >= 0.6 is 11.8 Å². The van der Waals surface area contributed by atoms with Crippen molar-refractivity contribution in [3.8, 4) is 0 Å². The summed E-state index contributed by atoms with van der Waals surface area (Å²) in [5.74, 6) is 0.0958. The lowest BCUT2D eigenvalue weighted by Gasteiger charge is -2.18. The number of ketones is 1. The van der Waals surface area contributed by atoms with Gasteiger partial charge in [-0.1, -0.05) is 26.0 Å². The summed E-state index contributed by atoms with van der Waals surface area (Å²) in [4.78, 5) is 24.4. The SMILES string of the molecule is CCC(CC)NC(=O)C(C)Sc1cccc(C(C)=O)c1. The number of nitrogens with one attached hydrogen (secondary N) is 1. The second-order valence-corrected chi connectivity index (χ2v) is 6.28. The van der Waals surface area contributed by atoms with Gasteiger partial charge in [0.2, 0.25) is 5.91 Å². The number of carbonyl (C=O) groups excluding carboxylic acids is 2. The van der Waals surface area contributed by atoms with Crippen LogP contribution in [0.2, 0.25) is 0 Å². The van der Waals surface area contributed by atoms with Gasteiger partial charge in [0.05, 0.1) is 5.25 Å². The molecular weight excluding hydrogens is 270 g/mol. The van der Waals surface area contributed by atoms with Crippen molar-refractivity contribution in [1.82, 2.24) is 5.32 Å². The highest BCUT2D eigenvalue weighted by Crippen LogP contribution is 2.24. The summed E-state index contributed by atoms with van der Waals surface area (Å²) in [5, 5.41) is 2.88. The second kappa shape index (κ2) is 8.10. The Hall–Kier alpha value is -1.29. The lowest BCUT2D eigenvalue weighted by molar-refractivity contribution is -0.121. The van der Waals surface area contributed by atoms with E-state index in [0.29, 0.717) is 5.56 Å². The van der Waals surface area contributed by atoms with E-state index in [-0.39, 0.29) is 23.0 Å². The molecule has 0 aromatic heterocycles. The zero-order valence-electron chi connectivity index (χ0n) is 12.6. The summed E-state index contributed by atoms with van der Waals surface area (Å²) in [7, 11) is 0. The van der Waals surface area contributed by atoms with E-state index in [2.05, 4.69) is 19.2 Å². The maximum absolute atomic E-state index is 12.1. The fourth-order valence-corrected chi connectivity index (χ4v) is 2.79. The molecule has 0 bridgehead atoms. The minimum absolute atomic E-state index is 0.0431. The van der Waals surface area contributed by atoms with E-state index in [1.165, 1.54) is 11.8 Å². The summed E-state index contributed by atoms with van der Waals surface area (Å²) in [6.45, 7) is 7.58. The fourth-order valence-electron chi connectivity index (χ4n) is 1.86. The molecule has 20 heavy (non-hydrogen) atoms. The molecule has 0 saturated carbocycles. The molecule has 1 rings (SSSR count). The van der Waals surface area contributed by atoms with Gasteiger partial charge in [0.25, 0.3) is 0 Å². The molecule has 0 radical (unpaired) electrons. The number of benzene rings is 1. The van der Waals surface area contributed by atoms with Gasteiger partial charge in [-0.3, -0.25) is 9.59 Å². The molecule has 3 nitrogen and oxygen atoms in total. The first-order chi connectivity index (χ1) is 9.47. The highest BCUT2D eigenvalue weighted by molar-refractivity contribution is 8.00. The number of carbonyl (C=O) groups is 2. The largest absolute Gasteiger partial charge is 0.352 e. The van der Waals surface area contributed by atoms with Gasteiger partial charge in [0.15, 0.2) is 5.78 Å². The molecule has 0 fully saturated rings. The third-order valence-electron chi connectivity index (χ3n) is 3.25. The average Bonchev–Trinajstić information content (AvgIpc) is 2.44. The van der Waals surface area contributed by atoms with E-state index >= 15 is 0 Å². The first-order valence-electron chi connectivity index (χ1n) is 7.05. The molecule has 0 aliphatic carbocycles. The lowest BCUT2D eigenvalue weighted by atomic mass is 10.1. The van der Waals surface area contributed by atoms with E-state index in [1.807, 2.05) is 25.1 Å². The molecule has 1 amide bonds. The molecule has 0 aliphatic rings. The number of thioether (sulfide) groups is 1. The molecule has 1 N–H and O–H groups in total. The molecule has 110 valence electrons. The molecule has 0 saturated heterocycles. The Morgan fingerprint density at radius 1 is 1.25 bits per heavy atom. The standard InChI is InChI=1S/C16H23NO2S/c1-5-14(6-2)17-16(19)12(4)20-15-9-7-8-13(10-15)11(3)18/h7-10,12,14H,5-6H2,1-4H3,(H,17,19). The van der Waals surface area contributed by atoms with Crippen LogP contribution in [-0.2, 0) is 4.79 Å². The van der Waals surface area contributed by atoms with Gasteiger partial charge in [0.1, 0.15) is 0 Å². The van der Waals surface area contributed by atoms with Gasteiger partial charge in [-0.2, -0.15) is 0 Å². The lowest BCUT2D eigenvalue weighted by Crippen LogP contribution is -2.38. The van der Waals surface area contributed by atoms with Crippen molar-refractivity contribution in [2.75, 3.05) is 0 Å². The van der Waals surface area contributed by atoms with Crippen LogP contribution in [-0.4, -0.2) is 23.0 Å². The topological polar surface area (TPSA) is 46.2 Å². The molecule has 4 heteroatoms. The van der Waals surface area contributed by atoms with Crippen LogP contribution in [0.15, 0.2) is 29.2 Å². The monoisotopic (exact) mass is 293 g/mol. The van der Waals surface area contributed by atoms with Crippen LogP contribution < -0.4 is 5.32 Å². The maximum atomic E-state index is 12.1. The van der Waals surface area contributed by atoms with Crippen molar-refractivity contribution in [3.05, 3.63) is 29.8 Å². The van der Waals surface area contributed by atoms with Crippen LogP contribution in [0.5, 0.6) is 0 Å². The number of amides is 1. The van der Waals surface area contributed by atoms with Crippen LogP contribution in [0.1, 0.15) is 50.9 Å². The smallest absolute Gasteiger partial charge is 0.233 e. The van der Waals surface area contributed by atoms with Gasteiger partial charge >= 0.3 is 0 Å². The number of rotatable bonds is 7. The Bertz CT molecular complexity index is 469. The Morgan fingerprint density at radius 3 is 2.45 bits per heavy atom. The molecule has 0 heterocycles. The van der Waals surface area contributed by atoms with Gasteiger partial charge < -0.3 is 5.32 Å². The van der Waals surface area contributed by atoms with Gasteiger partial charge in [0, 0.05) is 16.5 Å². The van der Waals surface area contributed by atoms with Crippen molar-refractivity contribution in [3.63, 3.8) is 0 Å². The highest BCUT2D eigenvalue weighted by atomic mass is 32.2. The van der Waals surface area contributed by atoms with Gasteiger partial charge in [-0.05, 0) is 38.8 Å². The average molecular weight is 293 g/mol. The van der Waals surface area contributed by atoms with E-state index in [0.717, 1.165) is 17.7 Å². The number of hydrogen-bond donors (Lipinski definition) is 1. The highest BCUT2D eigenvalue weighted by Gasteiger charge is 2.17. The van der Waals surface area contributed by atoms with E-state index < -0.39 is 0 Å². The predicted molar refractivity (Wildman–Crippen MR) is 84.3 cm³/mol. The van der Waals surface area contributed by atoms with Gasteiger partial charge in [-0.25, -0.2) is 0 Å².